The quantitative estimate of drug-likeness (QED) is 0.621. The molecule has 23 heavy (non-hydrogen) atoms. The van der Waals surface area contributed by atoms with Gasteiger partial charge in [0.25, 0.3) is 0 Å². The summed E-state index contributed by atoms with van der Waals surface area (Å²) in [4.78, 5) is 6.83. The smallest absolute Gasteiger partial charge is 0.194 e. The van der Waals surface area contributed by atoms with Crippen molar-refractivity contribution in [1.82, 2.24) is 20.0 Å². The molecular weight excluding hydrogens is 354 g/mol. The SMILES string of the molecule is CCNC(=NCCn1cc(C)cn1)N(C)Cc1ccc(Br)cc1. The summed E-state index contributed by atoms with van der Waals surface area (Å²) in [6.07, 6.45) is 3.91. The van der Waals surface area contributed by atoms with Crippen molar-refractivity contribution in [2.45, 2.75) is 26.9 Å². The zero-order valence-corrected chi connectivity index (χ0v) is 15.5. The molecular formula is C17H24BrN5. The van der Waals surface area contributed by atoms with E-state index in [4.69, 9.17) is 4.99 Å². The average molecular weight is 378 g/mol. The van der Waals surface area contributed by atoms with E-state index >= 15 is 0 Å². The topological polar surface area (TPSA) is 45.5 Å². The normalized spacial score (nSPS) is 11.6. The molecule has 0 aliphatic heterocycles. The molecule has 1 aromatic heterocycles. The molecule has 1 aromatic carbocycles. The second-order valence-electron chi connectivity index (χ2n) is 5.50. The van der Waals surface area contributed by atoms with Gasteiger partial charge in [-0.05, 0) is 37.1 Å². The van der Waals surface area contributed by atoms with Gasteiger partial charge < -0.3 is 10.2 Å². The Morgan fingerprint density at radius 3 is 2.70 bits per heavy atom. The molecule has 0 amide bonds. The number of nitrogens with zero attached hydrogens (tertiary/aromatic N) is 4. The third-order valence-electron chi connectivity index (χ3n) is 3.38. The minimum absolute atomic E-state index is 0.703. The average Bonchev–Trinajstić information content (AvgIpc) is 2.94. The summed E-state index contributed by atoms with van der Waals surface area (Å²) >= 11 is 3.47. The van der Waals surface area contributed by atoms with E-state index in [9.17, 15) is 0 Å². The molecule has 0 saturated heterocycles. The summed E-state index contributed by atoms with van der Waals surface area (Å²) in [5, 5.41) is 7.63. The number of halogens is 1. The molecule has 0 unspecified atom stereocenters. The van der Waals surface area contributed by atoms with Gasteiger partial charge in [0, 0.05) is 30.8 Å². The molecule has 0 spiro atoms. The van der Waals surface area contributed by atoms with E-state index in [2.05, 4.69) is 69.5 Å². The highest BCUT2D eigenvalue weighted by atomic mass is 79.9. The first-order valence-corrected chi connectivity index (χ1v) is 8.60. The van der Waals surface area contributed by atoms with Crippen molar-refractivity contribution in [1.29, 1.82) is 0 Å². The minimum Gasteiger partial charge on any atom is -0.357 e. The summed E-state index contributed by atoms with van der Waals surface area (Å²) in [6, 6.07) is 8.37. The Morgan fingerprint density at radius 1 is 1.35 bits per heavy atom. The van der Waals surface area contributed by atoms with Crippen LogP contribution in [0.5, 0.6) is 0 Å². The van der Waals surface area contributed by atoms with Crippen LogP contribution in [-0.4, -0.2) is 40.8 Å². The Balaban J connectivity index is 1.95. The maximum atomic E-state index is 4.69. The molecule has 0 fully saturated rings. The van der Waals surface area contributed by atoms with Crippen LogP contribution < -0.4 is 5.32 Å². The van der Waals surface area contributed by atoms with Crippen molar-refractivity contribution in [2.75, 3.05) is 20.1 Å². The predicted molar refractivity (Wildman–Crippen MR) is 98.6 cm³/mol. The van der Waals surface area contributed by atoms with Crippen LogP contribution >= 0.6 is 15.9 Å². The van der Waals surface area contributed by atoms with Gasteiger partial charge in [0.15, 0.2) is 5.96 Å². The highest BCUT2D eigenvalue weighted by molar-refractivity contribution is 9.10. The van der Waals surface area contributed by atoms with Crippen molar-refractivity contribution < 1.29 is 0 Å². The lowest BCUT2D eigenvalue weighted by Gasteiger charge is -2.22. The van der Waals surface area contributed by atoms with E-state index in [1.54, 1.807) is 0 Å². The van der Waals surface area contributed by atoms with Crippen molar-refractivity contribution in [2.24, 2.45) is 4.99 Å². The van der Waals surface area contributed by atoms with Gasteiger partial charge in [0.1, 0.15) is 0 Å². The van der Waals surface area contributed by atoms with E-state index < -0.39 is 0 Å². The number of guanidine groups is 1. The Kier molecular flexibility index (Phi) is 6.65. The maximum absolute atomic E-state index is 4.69. The largest absolute Gasteiger partial charge is 0.357 e. The predicted octanol–water partition coefficient (Wildman–Crippen LogP) is 3.05. The second-order valence-corrected chi connectivity index (χ2v) is 6.41. The molecule has 0 saturated carbocycles. The fraction of sp³-hybridized carbons (Fsp3) is 0.412. The van der Waals surface area contributed by atoms with Crippen LogP contribution in [0.1, 0.15) is 18.1 Å². The number of rotatable bonds is 6. The lowest BCUT2D eigenvalue weighted by Crippen LogP contribution is -2.38. The highest BCUT2D eigenvalue weighted by Gasteiger charge is 2.06. The molecule has 0 bridgehead atoms. The summed E-state index contributed by atoms with van der Waals surface area (Å²) in [6.45, 7) is 7.29. The van der Waals surface area contributed by atoms with Crippen molar-refractivity contribution >= 4 is 21.9 Å². The van der Waals surface area contributed by atoms with E-state index in [0.29, 0.717) is 6.54 Å². The molecule has 0 aliphatic rings. The third-order valence-corrected chi connectivity index (χ3v) is 3.91. The van der Waals surface area contributed by atoms with Gasteiger partial charge in [0.05, 0.1) is 19.3 Å². The van der Waals surface area contributed by atoms with Gasteiger partial charge in [-0.1, -0.05) is 28.1 Å². The summed E-state index contributed by atoms with van der Waals surface area (Å²) in [7, 11) is 2.06. The summed E-state index contributed by atoms with van der Waals surface area (Å²) < 4.78 is 3.02. The fourth-order valence-electron chi connectivity index (χ4n) is 2.26. The number of hydrogen-bond acceptors (Lipinski definition) is 2. The second kappa shape index (κ2) is 8.72. The number of aliphatic imine (C=N–C) groups is 1. The molecule has 0 aliphatic carbocycles. The summed E-state index contributed by atoms with van der Waals surface area (Å²) in [5.41, 5.74) is 2.43. The van der Waals surface area contributed by atoms with Gasteiger partial charge in [-0.15, -0.1) is 0 Å². The number of nitrogens with one attached hydrogen (secondary N) is 1. The number of benzene rings is 1. The molecule has 0 atom stereocenters. The van der Waals surface area contributed by atoms with Crippen LogP contribution in [0.3, 0.4) is 0 Å². The van der Waals surface area contributed by atoms with E-state index in [1.807, 2.05) is 24.0 Å². The Hall–Kier alpha value is -1.82. The third kappa shape index (κ3) is 5.71. The van der Waals surface area contributed by atoms with E-state index in [-0.39, 0.29) is 0 Å². The van der Waals surface area contributed by atoms with Gasteiger partial charge >= 0.3 is 0 Å². The molecule has 0 radical (unpaired) electrons. The lowest BCUT2D eigenvalue weighted by atomic mass is 10.2. The van der Waals surface area contributed by atoms with Crippen LogP contribution in [0.2, 0.25) is 0 Å². The molecule has 6 heteroatoms. The maximum Gasteiger partial charge on any atom is 0.194 e. The van der Waals surface area contributed by atoms with Crippen molar-refractivity contribution in [3.05, 3.63) is 52.3 Å². The number of aromatic nitrogens is 2. The van der Waals surface area contributed by atoms with Crippen LogP contribution in [0, 0.1) is 6.92 Å². The van der Waals surface area contributed by atoms with Gasteiger partial charge in [-0.3, -0.25) is 9.67 Å². The van der Waals surface area contributed by atoms with E-state index in [1.165, 1.54) is 11.1 Å². The fourth-order valence-corrected chi connectivity index (χ4v) is 2.52. The highest BCUT2D eigenvalue weighted by Crippen LogP contribution is 2.11. The van der Waals surface area contributed by atoms with Crippen molar-refractivity contribution in [3.8, 4) is 0 Å². The van der Waals surface area contributed by atoms with Crippen LogP contribution in [0.4, 0.5) is 0 Å². The van der Waals surface area contributed by atoms with Crippen molar-refractivity contribution in [3.63, 3.8) is 0 Å². The summed E-state index contributed by atoms with van der Waals surface area (Å²) in [5.74, 6) is 0.916. The number of aryl methyl sites for hydroxylation is 1. The minimum atomic E-state index is 0.703. The molecule has 124 valence electrons. The molecule has 1 N–H and O–H groups in total. The first kappa shape index (κ1) is 17.5. The number of hydrogen-bond donors (Lipinski definition) is 1. The van der Waals surface area contributed by atoms with Gasteiger partial charge in [-0.2, -0.15) is 5.10 Å². The first-order valence-electron chi connectivity index (χ1n) is 7.81. The van der Waals surface area contributed by atoms with E-state index in [0.717, 1.165) is 30.1 Å². The Bertz CT molecular complexity index is 633. The Morgan fingerprint density at radius 2 is 2.09 bits per heavy atom. The van der Waals surface area contributed by atoms with Gasteiger partial charge in [0.2, 0.25) is 0 Å². The zero-order valence-electron chi connectivity index (χ0n) is 14.0. The van der Waals surface area contributed by atoms with Crippen LogP contribution in [-0.2, 0) is 13.1 Å². The first-order chi connectivity index (χ1) is 11.1. The lowest BCUT2D eigenvalue weighted by molar-refractivity contribution is 0.474. The monoisotopic (exact) mass is 377 g/mol. The molecule has 2 aromatic rings. The zero-order chi connectivity index (χ0) is 16.7. The Labute approximate surface area is 146 Å². The standard InChI is InChI=1S/C17H24BrN5/c1-4-19-17(20-9-10-23-12-14(2)11-21-23)22(3)13-15-5-7-16(18)8-6-15/h5-8,11-12H,4,9-10,13H2,1-3H3,(H,19,20). The van der Waals surface area contributed by atoms with Crippen LogP contribution in [0.15, 0.2) is 46.1 Å². The van der Waals surface area contributed by atoms with Gasteiger partial charge in [-0.25, -0.2) is 0 Å². The molecule has 1 heterocycles. The molecule has 5 nitrogen and oxygen atoms in total. The molecule has 2 rings (SSSR count). The van der Waals surface area contributed by atoms with Crippen LogP contribution in [0.25, 0.3) is 0 Å².